The van der Waals surface area contributed by atoms with Crippen molar-refractivity contribution in [2.75, 3.05) is 4.90 Å². The van der Waals surface area contributed by atoms with Gasteiger partial charge in [-0.05, 0) is 72.0 Å². The summed E-state index contributed by atoms with van der Waals surface area (Å²) >= 11 is 1.19. The van der Waals surface area contributed by atoms with Crippen LogP contribution in [0.2, 0.25) is 0 Å². The molecule has 0 bridgehead atoms. The summed E-state index contributed by atoms with van der Waals surface area (Å²) in [5.41, 5.74) is 3.45. The highest BCUT2D eigenvalue weighted by Gasteiger charge is 2.43. The summed E-state index contributed by atoms with van der Waals surface area (Å²) in [7, 11) is 0. The monoisotopic (exact) mass is 515 g/mol. The number of hydrogen-bond donors (Lipinski definition) is 3. The topological polar surface area (TPSA) is 81.0 Å². The molecule has 4 aromatic rings. The number of aromatic hydroxyl groups is 2. The number of halogens is 1. The van der Waals surface area contributed by atoms with Gasteiger partial charge in [-0.2, -0.15) is 0 Å². The highest BCUT2D eigenvalue weighted by atomic mass is 32.2. The Balaban J connectivity index is 1.46. The maximum absolute atomic E-state index is 13.3. The Hall–Kier alpha value is -3.81. The standard InChI is InChI=1S/C30H26FNO4S/c31-22-12-9-19(10-13-22)26(34)15-16-28-29(32(30(36)37-28)23-6-2-1-3-7-23)25-14-11-21(18-27(25)35)20-5-4-8-24(33)17-20/h1-14,17-18,26,28-29,33-35H,15-16H2/t26?,28-,29+/m0/s1. The van der Waals surface area contributed by atoms with Crippen molar-refractivity contribution >= 4 is 22.7 Å². The number of phenols is 2. The van der Waals surface area contributed by atoms with Gasteiger partial charge >= 0.3 is 0 Å². The average Bonchev–Trinajstić information content (AvgIpc) is 3.23. The van der Waals surface area contributed by atoms with Crippen LogP contribution in [0.4, 0.5) is 14.9 Å². The van der Waals surface area contributed by atoms with Gasteiger partial charge < -0.3 is 15.3 Å². The lowest BCUT2D eigenvalue weighted by atomic mass is 9.93. The number of benzene rings is 4. The predicted octanol–water partition coefficient (Wildman–Crippen LogP) is 7.20. The second-order valence-electron chi connectivity index (χ2n) is 9.04. The lowest BCUT2D eigenvalue weighted by molar-refractivity contribution is 0.163. The van der Waals surface area contributed by atoms with Crippen molar-refractivity contribution in [1.82, 2.24) is 0 Å². The SMILES string of the molecule is O=C1S[C@@H](CCC(O)c2ccc(F)cc2)[C@@H](c2ccc(-c3cccc(O)c3)cc2O)N1c1ccccc1. The van der Waals surface area contributed by atoms with Crippen LogP contribution in [0.25, 0.3) is 11.1 Å². The summed E-state index contributed by atoms with van der Waals surface area (Å²) in [6, 6.07) is 26.7. The first-order chi connectivity index (χ1) is 17.9. The van der Waals surface area contributed by atoms with Crippen molar-refractivity contribution in [2.24, 2.45) is 0 Å². The molecule has 1 aliphatic heterocycles. The van der Waals surface area contributed by atoms with Crippen molar-refractivity contribution < 1.29 is 24.5 Å². The molecular formula is C30H26FNO4S. The number of carbonyl (C=O) groups excluding carboxylic acids is 1. The normalized spacial score (nSPS) is 18.2. The summed E-state index contributed by atoms with van der Waals surface area (Å²) in [5, 5.41) is 31.3. The molecule has 3 atom stereocenters. The molecule has 188 valence electrons. The van der Waals surface area contributed by atoms with Gasteiger partial charge in [0.2, 0.25) is 0 Å². The molecule has 5 rings (SSSR count). The van der Waals surface area contributed by atoms with Crippen LogP contribution in [0.1, 0.15) is 36.1 Å². The largest absolute Gasteiger partial charge is 0.508 e. The number of thioether (sulfide) groups is 1. The third-order valence-corrected chi connectivity index (χ3v) is 7.82. The molecule has 1 heterocycles. The Morgan fingerprint density at radius 2 is 1.59 bits per heavy atom. The van der Waals surface area contributed by atoms with Gasteiger partial charge in [0.1, 0.15) is 17.3 Å². The molecule has 1 amide bonds. The number of aliphatic hydroxyl groups excluding tert-OH is 1. The van der Waals surface area contributed by atoms with E-state index in [0.29, 0.717) is 24.0 Å². The van der Waals surface area contributed by atoms with Crippen LogP contribution >= 0.6 is 11.8 Å². The second kappa shape index (κ2) is 10.7. The van der Waals surface area contributed by atoms with E-state index in [1.807, 2.05) is 48.5 Å². The van der Waals surface area contributed by atoms with Crippen LogP contribution in [0.15, 0.2) is 97.1 Å². The lowest BCUT2D eigenvalue weighted by Gasteiger charge is -2.29. The zero-order valence-corrected chi connectivity index (χ0v) is 20.7. The van der Waals surface area contributed by atoms with Crippen molar-refractivity contribution in [1.29, 1.82) is 0 Å². The van der Waals surface area contributed by atoms with E-state index in [9.17, 15) is 24.5 Å². The summed E-state index contributed by atoms with van der Waals surface area (Å²) in [5.74, 6) is -0.184. The van der Waals surface area contributed by atoms with Gasteiger partial charge in [-0.3, -0.25) is 9.69 Å². The maximum Gasteiger partial charge on any atom is 0.287 e. The Kier molecular flexibility index (Phi) is 7.17. The molecule has 5 nitrogen and oxygen atoms in total. The summed E-state index contributed by atoms with van der Waals surface area (Å²) in [6.45, 7) is 0. The third kappa shape index (κ3) is 5.33. The van der Waals surface area contributed by atoms with Gasteiger partial charge in [-0.25, -0.2) is 4.39 Å². The summed E-state index contributed by atoms with van der Waals surface area (Å²) in [6.07, 6.45) is 0.0682. The number of para-hydroxylation sites is 1. The minimum Gasteiger partial charge on any atom is -0.508 e. The molecule has 0 spiro atoms. The maximum atomic E-state index is 13.3. The molecule has 1 aliphatic rings. The molecule has 7 heteroatoms. The van der Waals surface area contributed by atoms with Crippen LogP contribution < -0.4 is 4.90 Å². The molecule has 4 aromatic carbocycles. The fraction of sp³-hybridized carbons (Fsp3) is 0.167. The smallest absolute Gasteiger partial charge is 0.287 e. The number of nitrogens with zero attached hydrogens (tertiary/aromatic N) is 1. The van der Waals surface area contributed by atoms with Crippen molar-refractivity contribution in [3.63, 3.8) is 0 Å². The first-order valence-electron chi connectivity index (χ1n) is 12.0. The Morgan fingerprint density at radius 3 is 2.30 bits per heavy atom. The Labute approximate surface area is 218 Å². The number of amides is 1. The Bertz CT molecular complexity index is 1400. The first kappa shape index (κ1) is 24.9. The number of phenolic OH excluding ortho intramolecular Hbond substituents is 2. The van der Waals surface area contributed by atoms with E-state index in [0.717, 1.165) is 16.8 Å². The number of rotatable bonds is 7. The zero-order valence-electron chi connectivity index (χ0n) is 19.9. The molecule has 0 aromatic heterocycles. The minimum atomic E-state index is -0.801. The van der Waals surface area contributed by atoms with E-state index >= 15 is 0 Å². The highest BCUT2D eigenvalue weighted by Crippen LogP contribution is 2.49. The Morgan fingerprint density at radius 1 is 0.865 bits per heavy atom. The zero-order chi connectivity index (χ0) is 25.9. The fourth-order valence-corrected chi connectivity index (χ4v) is 6.02. The third-order valence-electron chi connectivity index (χ3n) is 6.62. The van der Waals surface area contributed by atoms with Gasteiger partial charge in [0.05, 0.1) is 12.1 Å². The molecule has 1 saturated heterocycles. The van der Waals surface area contributed by atoms with Crippen molar-refractivity contribution in [2.45, 2.75) is 30.2 Å². The van der Waals surface area contributed by atoms with Crippen molar-refractivity contribution in [3.05, 3.63) is 114 Å². The van der Waals surface area contributed by atoms with E-state index in [1.165, 1.54) is 23.9 Å². The van der Waals surface area contributed by atoms with Gasteiger partial charge in [0.25, 0.3) is 5.24 Å². The molecule has 1 fully saturated rings. The predicted molar refractivity (Wildman–Crippen MR) is 144 cm³/mol. The quantitative estimate of drug-likeness (QED) is 0.242. The molecule has 1 unspecified atom stereocenters. The molecule has 3 N–H and O–H groups in total. The van der Waals surface area contributed by atoms with Gasteiger partial charge in [0, 0.05) is 16.5 Å². The van der Waals surface area contributed by atoms with E-state index in [-0.39, 0.29) is 27.8 Å². The number of hydrogen-bond acceptors (Lipinski definition) is 5. The lowest BCUT2D eigenvalue weighted by Crippen LogP contribution is -2.29. The molecule has 0 aliphatic carbocycles. The summed E-state index contributed by atoms with van der Waals surface area (Å²) < 4.78 is 13.3. The minimum absolute atomic E-state index is 0.0474. The molecule has 37 heavy (non-hydrogen) atoms. The molecule has 0 saturated carbocycles. The van der Waals surface area contributed by atoms with Crippen molar-refractivity contribution in [3.8, 4) is 22.6 Å². The first-order valence-corrected chi connectivity index (χ1v) is 12.9. The van der Waals surface area contributed by atoms with E-state index < -0.39 is 12.1 Å². The van der Waals surface area contributed by atoms with Gasteiger partial charge in [-0.1, -0.05) is 66.4 Å². The molecular weight excluding hydrogens is 489 g/mol. The average molecular weight is 516 g/mol. The van der Waals surface area contributed by atoms with Gasteiger partial charge in [-0.15, -0.1) is 0 Å². The van der Waals surface area contributed by atoms with E-state index in [1.54, 1.807) is 41.3 Å². The second-order valence-corrected chi connectivity index (χ2v) is 10.2. The van der Waals surface area contributed by atoms with Crippen LogP contribution in [-0.2, 0) is 0 Å². The number of aliphatic hydroxyl groups is 1. The number of carbonyl (C=O) groups is 1. The van der Waals surface area contributed by atoms with E-state index in [4.69, 9.17) is 0 Å². The fourth-order valence-electron chi connectivity index (χ4n) is 4.77. The number of anilines is 1. The van der Waals surface area contributed by atoms with Crippen LogP contribution in [0.3, 0.4) is 0 Å². The van der Waals surface area contributed by atoms with Gasteiger partial charge in [0.15, 0.2) is 0 Å². The van der Waals surface area contributed by atoms with Crippen LogP contribution in [0, 0.1) is 5.82 Å². The summed E-state index contributed by atoms with van der Waals surface area (Å²) in [4.78, 5) is 14.9. The van der Waals surface area contributed by atoms with E-state index in [2.05, 4.69) is 0 Å². The molecule has 0 radical (unpaired) electrons. The van der Waals surface area contributed by atoms with Crippen LogP contribution in [-0.4, -0.2) is 25.8 Å². The highest BCUT2D eigenvalue weighted by molar-refractivity contribution is 8.14. The van der Waals surface area contributed by atoms with Crippen LogP contribution in [0.5, 0.6) is 11.5 Å².